The molecule has 3 aromatic carbocycles. The van der Waals surface area contributed by atoms with E-state index < -0.39 is 0 Å². The van der Waals surface area contributed by atoms with Crippen molar-refractivity contribution >= 4 is 40.0 Å². The Morgan fingerprint density at radius 1 is 0.944 bits per heavy atom. The van der Waals surface area contributed by atoms with Crippen LogP contribution in [0.15, 0.2) is 76.7 Å². The molecule has 0 fully saturated rings. The largest absolute Gasteiger partial charge is 0.312 e. The zero-order chi connectivity index (χ0) is 25.4. The number of carbonyl (C=O) groups excluding carboxylic acids is 1. The molecule has 5 rings (SSSR count). The molecule has 0 saturated carbocycles. The van der Waals surface area contributed by atoms with Gasteiger partial charge in [0.15, 0.2) is 5.16 Å². The van der Waals surface area contributed by atoms with Gasteiger partial charge in [-0.2, -0.15) is 0 Å². The molecule has 2 aromatic heterocycles. The molecule has 0 bridgehead atoms. The zero-order valence-corrected chi connectivity index (χ0v) is 21.5. The van der Waals surface area contributed by atoms with E-state index >= 15 is 0 Å². The van der Waals surface area contributed by atoms with Crippen LogP contribution in [-0.2, 0) is 4.79 Å². The Balaban J connectivity index is 1.60. The van der Waals surface area contributed by atoms with E-state index in [1.54, 1.807) is 9.47 Å². The molecule has 2 heterocycles. The molecule has 0 aliphatic heterocycles. The van der Waals surface area contributed by atoms with Gasteiger partial charge in [-0.25, -0.2) is 4.57 Å². The van der Waals surface area contributed by atoms with E-state index in [0.717, 1.165) is 28.1 Å². The number of benzene rings is 3. The highest BCUT2D eigenvalue weighted by atomic mass is 32.2. The molecule has 0 unspecified atom stereocenters. The van der Waals surface area contributed by atoms with Crippen LogP contribution in [0.1, 0.15) is 23.6 Å². The molecule has 0 aliphatic carbocycles. The fourth-order valence-corrected chi connectivity index (χ4v) is 5.32. The molecule has 36 heavy (non-hydrogen) atoms. The Labute approximate surface area is 213 Å². The van der Waals surface area contributed by atoms with Crippen LogP contribution in [0.4, 0.5) is 5.69 Å². The number of aromatic nitrogens is 4. The Morgan fingerprint density at radius 3 is 2.47 bits per heavy atom. The predicted octanol–water partition coefficient (Wildman–Crippen LogP) is 5.10. The van der Waals surface area contributed by atoms with Crippen molar-refractivity contribution in [1.29, 1.82) is 0 Å². The van der Waals surface area contributed by atoms with Crippen LogP contribution in [0.3, 0.4) is 0 Å². The third-order valence-corrected chi connectivity index (χ3v) is 7.26. The fourth-order valence-electron chi connectivity index (χ4n) is 4.50. The SMILES string of the molecule is CCN(C(=O)CSc1nnc2n(-c3cc(C)ccc3C)c(=O)c3ccccc3n12)c1ccccc1C. The summed E-state index contributed by atoms with van der Waals surface area (Å²) in [4.78, 5) is 28.6. The number of aryl methyl sites for hydroxylation is 3. The number of hydrogen-bond acceptors (Lipinski definition) is 5. The Hall–Kier alpha value is -3.91. The molecule has 0 atom stereocenters. The summed E-state index contributed by atoms with van der Waals surface area (Å²) < 4.78 is 3.50. The number of carbonyl (C=O) groups is 1. The first-order valence-electron chi connectivity index (χ1n) is 11.9. The van der Waals surface area contributed by atoms with Crippen molar-refractivity contribution in [2.75, 3.05) is 17.2 Å². The molecule has 0 N–H and O–H groups in total. The standard InChI is InChI=1S/C28H27N5O2S/c1-5-31(22-12-8-6-10-19(22)3)25(34)17-36-28-30-29-27-32(24-16-18(2)14-15-20(24)4)26(35)21-11-7-9-13-23(21)33(27)28/h6-16H,5,17H2,1-4H3. The first-order valence-corrected chi connectivity index (χ1v) is 12.8. The molecule has 182 valence electrons. The van der Waals surface area contributed by atoms with Gasteiger partial charge in [-0.1, -0.05) is 54.2 Å². The van der Waals surface area contributed by atoms with E-state index in [9.17, 15) is 9.59 Å². The van der Waals surface area contributed by atoms with Crippen molar-refractivity contribution in [2.24, 2.45) is 0 Å². The summed E-state index contributed by atoms with van der Waals surface area (Å²) in [6.45, 7) is 8.51. The Kier molecular flexibility index (Phi) is 6.36. The topological polar surface area (TPSA) is 72.5 Å². The third kappa shape index (κ3) is 4.07. The van der Waals surface area contributed by atoms with E-state index in [-0.39, 0.29) is 17.2 Å². The quantitative estimate of drug-likeness (QED) is 0.305. The lowest BCUT2D eigenvalue weighted by molar-refractivity contribution is -0.116. The van der Waals surface area contributed by atoms with Crippen molar-refractivity contribution < 1.29 is 4.79 Å². The monoisotopic (exact) mass is 497 g/mol. The van der Waals surface area contributed by atoms with Gasteiger partial charge < -0.3 is 4.90 Å². The summed E-state index contributed by atoms with van der Waals surface area (Å²) in [6.07, 6.45) is 0. The van der Waals surface area contributed by atoms with Crippen LogP contribution in [0.25, 0.3) is 22.4 Å². The lowest BCUT2D eigenvalue weighted by atomic mass is 10.1. The molecule has 0 saturated heterocycles. The summed E-state index contributed by atoms with van der Waals surface area (Å²) in [5.74, 6) is 0.606. The molecule has 0 spiro atoms. The van der Waals surface area contributed by atoms with Crippen molar-refractivity contribution in [2.45, 2.75) is 32.9 Å². The predicted molar refractivity (Wildman–Crippen MR) is 145 cm³/mol. The van der Waals surface area contributed by atoms with E-state index in [1.165, 1.54) is 11.8 Å². The van der Waals surface area contributed by atoms with Gasteiger partial charge in [0, 0.05) is 12.2 Å². The number of fused-ring (bicyclic) bond motifs is 3. The average molecular weight is 498 g/mol. The molecular weight excluding hydrogens is 470 g/mol. The lowest BCUT2D eigenvalue weighted by Crippen LogP contribution is -2.32. The van der Waals surface area contributed by atoms with Crippen LogP contribution in [0.2, 0.25) is 0 Å². The highest BCUT2D eigenvalue weighted by Gasteiger charge is 2.21. The zero-order valence-electron chi connectivity index (χ0n) is 20.7. The van der Waals surface area contributed by atoms with Gasteiger partial charge in [0.25, 0.3) is 5.56 Å². The Morgan fingerprint density at radius 2 is 1.69 bits per heavy atom. The summed E-state index contributed by atoms with van der Waals surface area (Å²) in [5, 5.41) is 9.97. The maximum absolute atomic E-state index is 13.6. The molecule has 1 amide bonds. The van der Waals surface area contributed by atoms with Crippen molar-refractivity contribution in [3.63, 3.8) is 0 Å². The molecule has 0 radical (unpaired) electrons. The van der Waals surface area contributed by atoms with Gasteiger partial charge in [-0.05, 0) is 68.7 Å². The lowest BCUT2D eigenvalue weighted by Gasteiger charge is -2.22. The van der Waals surface area contributed by atoms with Crippen LogP contribution >= 0.6 is 11.8 Å². The number of hydrogen-bond donors (Lipinski definition) is 0. The summed E-state index contributed by atoms with van der Waals surface area (Å²) in [7, 11) is 0. The van der Waals surface area contributed by atoms with Gasteiger partial charge in [0.05, 0.1) is 22.3 Å². The number of rotatable bonds is 6. The van der Waals surface area contributed by atoms with Crippen molar-refractivity contribution in [3.8, 4) is 5.69 Å². The van der Waals surface area contributed by atoms with Gasteiger partial charge in [0.1, 0.15) is 0 Å². The second kappa shape index (κ2) is 9.62. The molecule has 7 nitrogen and oxygen atoms in total. The van der Waals surface area contributed by atoms with Crippen LogP contribution in [-0.4, -0.2) is 37.4 Å². The highest BCUT2D eigenvalue weighted by molar-refractivity contribution is 7.99. The maximum atomic E-state index is 13.6. The van der Waals surface area contributed by atoms with Gasteiger partial charge >= 0.3 is 0 Å². The number of anilines is 1. The van der Waals surface area contributed by atoms with Crippen molar-refractivity contribution in [1.82, 2.24) is 19.2 Å². The van der Waals surface area contributed by atoms with Gasteiger partial charge in [0.2, 0.25) is 11.7 Å². The minimum Gasteiger partial charge on any atom is -0.312 e. The highest BCUT2D eigenvalue weighted by Crippen LogP contribution is 2.26. The molecule has 8 heteroatoms. The first-order chi connectivity index (χ1) is 17.4. The van der Waals surface area contributed by atoms with Crippen molar-refractivity contribution in [3.05, 3.63) is 93.8 Å². The maximum Gasteiger partial charge on any atom is 0.267 e. The number of nitrogens with zero attached hydrogens (tertiary/aromatic N) is 5. The minimum atomic E-state index is -0.150. The summed E-state index contributed by atoms with van der Waals surface area (Å²) in [5.41, 5.74) is 5.30. The van der Waals surface area contributed by atoms with E-state index in [1.807, 2.05) is 98.8 Å². The van der Waals surface area contributed by atoms with E-state index in [0.29, 0.717) is 28.4 Å². The smallest absolute Gasteiger partial charge is 0.267 e. The minimum absolute atomic E-state index is 0.0132. The fraction of sp³-hybridized carbons (Fsp3) is 0.214. The number of para-hydroxylation sites is 2. The Bertz CT molecular complexity index is 1670. The first kappa shape index (κ1) is 23.8. The molecule has 5 aromatic rings. The molecular formula is C28H27N5O2S. The number of amides is 1. The second-order valence-corrected chi connectivity index (χ2v) is 9.72. The van der Waals surface area contributed by atoms with E-state index in [2.05, 4.69) is 10.2 Å². The number of thioether (sulfide) groups is 1. The normalized spacial score (nSPS) is 11.3. The third-order valence-electron chi connectivity index (χ3n) is 6.35. The van der Waals surface area contributed by atoms with Crippen LogP contribution < -0.4 is 10.5 Å². The molecule has 0 aliphatic rings. The van der Waals surface area contributed by atoms with Crippen LogP contribution in [0, 0.1) is 20.8 Å². The second-order valence-electron chi connectivity index (χ2n) is 8.78. The average Bonchev–Trinajstić information content (AvgIpc) is 3.30. The van der Waals surface area contributed by atoms with Gasteiger partial charge in [-0.15, -0.1) is 10.2 Å². The summed E-state index contributed by atoms with van der Waals surface area (Å²) in [6, 6.07) is 21.3. The van der Waals surface area contributed by atoms with E-state index in [4.69, 9.17) is 0 Å². The van der Waals surface area contributed by atoms with Crippen LogP contribution in [0.5, 0.6) is 0 Å². The van der Waals surface area contributed by atoms with Gasteiger partial charge in [-0.3, -0.25) is 14.0 Å². The summed E-state index contributed by atoms with van der Waals surface area (Å²) >= 11 is 1.32.